The zero-order valence-electron chi connectivity index (χ0n) is 30.2. The highest BCUT2D eigenvalue weighted by Gasteiger charge is 2.06. The van der Waals surface area contributed by atoms with Gasteiger partial charge >= 0.3 is 0 Å². The van der Waals surface area contributed by atoms with Crippen LogP contribution in [0.3, 0.4) is 0 Å². The van der Waals surface area contributed by atoms with Crippen LogP contribution >= 0.6 is 0 Å². The topological polar surface area (TPSA) is 0 Å². The maximum atomic E-state index is 3.70. The molecule has 0 aromatic carbocycles. The van der Waals surface area contributed by atoms with E-state index in [0.717, 1.165) is 0 Å². The summed E-state index contributed by atoms with van der Waals surface area (Å²) < 4.78 is 0. The Morgan fingerprint density at radius 1 is 0.590 bits per heavy atom. The van der Waals surface area contributed by atoms with Gasteiger partial charge in [-0.3, -0.25) is 0 Å². The molecule has 39 heavy (non-hydrogen) atoms. The lowest BCUT2D eigenvalue weighted by Gasteiger charge is -2.14. The van der Waals surface area contributed by atoms with E-state index in [9.17, 15) is 0 Å². The van der Waals surface area contributed by atoms with Crippen LogP contribution in [0.4, 0.5) is 0 Å². The first-order valence-electron chi connectivity index (χ1n) is 16.2. The minimum absolute atomic E-state index is 0.347. The first kappa shape index (κ1) is 50.3. The normalized spacial score (nSPS) is 11.7. The fourth-order valence-electron chi connectivity index (χ4n) is 1.96. The van der Waals surface area contributed by atoms with E-state index in [-0.39, 0.29) is 0 Å². The monoisotopic (exact) mass is 547 g/mol. The van der Waals surface area contributed by atoms with Gasteiger partial charge in [0.05, 0.1) is 0 Å². The molecule has 0 nitrogen and oxygen atoms in total. The molecule has 0 radical (unpaired) electrons. The van der Waals surface area contributed by atoms with Crippen LogP contribution in [0.25, 0.3) is 0 Å². The molecule has 0 saturated heterocycles. The van der Waals surface area contributed by atoms with Crippen molar-refractivity contribution in [1.29, 1.82) is 0 Å². The third-order valence-electron chi connectivity index (χ3n) is 6.01. The molecule has 0 heteroatoms. The van der Waals surface area contributed by atoms with Crippen LogP contribution in [0.5, 0.6) is 0 Å². The third kappa shape index (κ3) is 72.4. The maximum absolute atomic E-state index is 3.70. The van der Waals surface area contributed by atoms with Gasteiger partial charge in [0, 0.05) is 0 Å². The molecule has 0 aliphatic rings. The number of allylic oxidation sites excluding steroid dienone is 10. The van der Waals surface area contributed by atoms with Gasteiger partial charge < -0.3 is 0 Å². The summed E-state index contributed by atoms with van der Waals surface area (Å²) in [5.74, 6) is 0.699. The number of hydrogen-bond donors (Lipinski definition) is 0. The van der Waals surface area contributed by atoms with E-state index < -0.39 is 0 Å². The van der Waals surface area contributed by atoms with Crippen LogP contribution in [-0.2, 0) is 0 Å². The summed E-state index contributed by atoms with van der Waals surface area (Å²) in [6, 6.07) is 0. The van der Waals surface area contributed by atoms with Gasteiger partial charge in [0.1, 0.15) is 0 Å². The van der Waals surface area contributed by atoms with Crippen molar-refractivity contribution in [1.82, 2.24) is 0 Å². The molecule has 0 aliphatic carbocycles. The molecular formula is C39H78. The van der Waals surface area contributed by atoms with Crippen LogP contribution in [0, 0.1) is 11.3 Å². The molecule has 0 amide bonds. The smallest absolute Gasteiger partial charge is 0.0180 e. The Morgan fingerprint density at radius 3 is 0.949 bits per heavy atom. The van der Waals surface area contributed by atoms with Crippen LogP contribution in [0.15, 0.2) is 72.9 Å². The Bertz CT molecular complexity index is 505. The highest BCUT2D eigenvalue weighted by Crippen LogP contribution is 2.19. The zero-order valence-corrected chi connectivity index (χ0v) is 30.2. The highest BCUT2D eigenvalue weighted by atomic mass is 14.1. The molecule has 0 N–H and O–H groups in total. The van der Waals surface area contributed by atoms with Crippen molar-refractivity contribution in [2.24, 2.45) is 11.3 Å². The minimum atomic E-state index is 0.347. The largest absolute Gasteiger partial charge is 0.103 e. The summed E-state index contributed by atoms with van der Waals surface area (Å²) in [7, 11) is 0. The lowest BCUT2D eigenvalue weighted by Crippen LogP contribution is -2.02. The molecule has 0 spiro atoms. The summed E-state index contributed by atoms with van der Waals surface area (Å²) in [5, 5.41) is 0. The molecule has 0 saturated carbocycles. The van der Waals surface area contributed by atoms with Gasteiger partial charge in [-0.25, -0.2) is 0 Å². The third-order valence-corrected chi connectivity index (χ3v) is 6.01. The van der Waals surface area contributed by atoms with Crippen LogP contribution in [0.1, 0.15) is 168 Å². The quantitative estimate of drug-likeness (QED) is 0.213. The first-order valence-corrected chi connectivity index (χ1v) is 16.2. The predicted molar refractivity (Wildman–Crippen MR) is 192 cm³/mol. The Kier molecular flexibility index (Phi) is 59.7. The molecule has 0 aromatic rings. The second-order valence-electron chi connectivity index (χ2n) is 10.4. The van der Waals surface area contributed by atoms with E-state index in [0.29, 0.717) is 11.3 Å². The summed E-state index contributed by atoms with van der Waals surface area (Å²) in [6.07, 6.45) is 29.1. The van der Waals surface area contributed by atoms with Gasteiger partial charge in [-0.2, -0.15) is 0 Å². The second kappa shape index (κ2) is 46.3. The fourth-order valence-corrected chi connectivity index (χ4v) is 1.96. The van der Waals surface area contributed by atoms with Gasteiger partial charge in [-0.1, -0.05) is 156 Å². The molecule has 0 heterocycles. The van der Waals surface area contributed by atoms with Crippen LogP contribution < -0.4 is 0 Å². The first-order chi connectivity index (χ1) is 18.4. The van der Waals surface area contributed by atoms with Crippen molar-refractivity contribution in [2.75, 3.05) is 0 Å². The lowest BCUT2D eigenvalue weighted by atomic mass is 9.91. The lowest BCUT2D eigenvalue weighted by molar-refractivity contribution is 0.463. The van der Waals surface area contributed by atoms with Crippen LogP contribution in [0.2, 0.25) is 0 Å². The average Bonchev–Trinajstić information content (AvgIpc) is 2.96. The Morgan fingerprint density at radius 2 is 0.897 bits per heavy atom. The van der Waals surface area contributed by atoms with E-state index in [4.69, 9.17) is 0 Å². The zero-order chi connectivity index (χ0) is 32.0. The molecule has 234 valence electrons. The summed E-state index contributed by atoms with van der Waals surface area (Å²) >= 11 is 0. The van der Waals surface area contributed by atoms with Gasteiger partial charge in [0.15, 0.2) is 0 Å². The number of rotatable bonds is 12. The SMILES string of the molecule is C=CC(C)(C)CC.C=CC(C)CC.CC/C=C(/C)CC.CC/C=C(\C)CC.CC/C=C/CC.CC/C=C\CC. The standard InChI is InChI=1S/3C7H14.3C6H12/c1-5-7(3,4)6-2;2*1-4-6-7(3)5-2;1-4-6(3)5-2;2*1-3-5-6-4-2/h5H,1,6H2,2-4H3;2*6H,4-5H2,1-3H3;4,6H,1,5H2,2-3H3;2*5-6H,3-4H2,1-2H3/b;7-6+;7-6-;;6-5+;6-5-. The molecule has 0 rings (SSSR count). The fraction of sp³-hybridized carbons (Fsp3) is 0.692. The van der Waals surface area contributed by atoms with Crippen molar-refractivity contribution in [3.8, 4) is 0 Å². The summed E-state index contributed by atoms with van der Waals surface area (Å²) in [4.78, 5) is 0. The van der Waals surface area contributed by atoms with Crippen LogP contribution in [-0.4, -0.2) is 0 Å². The van der Waals surface area contributed by atoms with Crippen molar-refractivity contribution >= 4 is 0 Å². The van der Waals surface area contributed by atoms with E-state index in [2.05, 4.69) is 153 Å². The molecular weight excluding hydrogens is 468 g/mol. The average molecular weight is 547 g/mol. The predicted octanol–water partition coefficient (Wildman–Crippen LogP) is 15.1. The van der Waals surface area contributed by atoms with E-state index in [1.165, 1.54) is 75.4 Å². The Balaban J connectivity index is -0.0000000839. The van der Waals surface area contributed by atoms with E-state index in [1.807, 2.05) is 12.2 Å². The minimum Gasteiger partial charge on any atom is -0.103 e. The summed E-state index contributed by atoms with van der Waals surface area (Å²) in [6.45, 7) is 39.8. The Hall–Kier alpha value is -1.56. The van der Waals surface area contributed by atoms with Gasteiger partial charge in [-0.05, 0) is 83.0 Å². The number of hydrogen-bond acceptors (Lipinski definition) is 0. The van der Waals surface area contributed by atoms with Crippen molar-refractivity contribution in [2.45, 2.75) is 168 Å². The van der Waals surface area contributed by atoms with Gasteiger partial charge in [0.25, 0.3) is 0 Å². The maximum Gasteiger partial charge on any atom is -0.0180 e. The molecule has 0 fully saturated rings. The van der Waals surface area contributed by atoms with E-state index in [1.54, 1.807) is 0 Å². The van der Waals surface area contributed by atoms with Crippen molar-refractivity contribution in [3.05, 3.63) is 72.9 Å². The van der Waals surface area contributed by atoms with E-state index >= 15 is 0 Å². The molecule has 0 aromatic heterocycles. The van der Waals surface area contributed by atoms with Gasteiger partial charge in [0.2, 0.25) is 0 Å². The van der Waals surface area contributed by atoms with Gasteiger partial charge in [-0.15, -0.1) is 13.2 Å². The Labute approximate surface area is 251 Å². The molecule has 1 unspecified atom stereocenters. The summed E-state index contributed by atoms with van der Waals surface area (Å²) in [5.41, 5.74) is 3.35. The van der Waals surface area contributed by atoms with Crippen molar-refractivity contribution < 1.29 is 0 Å². The molecule has 0 aliphatic heterocycles. The van der Waals surface area contributed by atoms with Crippen molar-refractivity contribution in [3.63, 3.8) is 0 Å². The molecule has 0 bridgehead atoms. The highest BCUT2D eigenvalue weighted by molar-refractivity contribution is 4.95. The second-order valence-corrected chi connectivity index (χ2v) is 10.4. The molecule has 1 atom stereocenters.